The summed E-state index contributed by atoms with van der Waals surface area (Å²) in [6.07, 6.45) is 3.19. The Bertz CT molecular complexity index is 581. The van der Waals surface area contributed by atoms with Gasteiger partial charge in [0.15, 0.2) is 0 Å². The molecule has 0 saturated heterocycles. The van der Waals surface area contributed by atoms with Gasteiger partial charge in [-0.05, 0) is 24.6 Å². The molecule has 1 aromatic carbocycles. The van der Waals surface area contributed by atoms with Crippen molar-refractivity contribution in [1.29, 1.82) is 0 Å². The van der Waals surface area contributed by atoms with Crippen molar-refractivity contribution in [3.63, 3.8) is 0 Å². The third-order valence-corrected chi connectivity index (χ3v) is 2.96. The molecule has 0 saturated carbocycles. The smallest absolute Gasteiger partial charge is 0.315 e. The number of hydrogen-bond donors (Lipinski definition) is 1. The number of aliphatic carboxylic acids is 1. The molecule has 0 amide bonds. The minimum Gasteiger partial charge on any atom is -0.496 e. The van der Waals surface area contributed by atoms with Gasteiger partial charge in [-0.2, -0.15) is 0 Å². The van der Waals surface area contributed by atoms with E-state index in [-0.39, 0.29) is 0 Å². The zero-order valence-electron chi connectivity index (χ0n) is 10.8. The third-order valence-electron chi connectivity index (χ3n) is 2.96. The average Bonchev–Trinajstić information content (AvgIpc) is 2.40. The second kappa shape index (κ2) is 5.52. The lowest BCUT2D eigenvalue weighted by atomic mass is 9.91. The summed E-state index contributed by atoms with van der Waals surface area (Å²) in [6.45, 7) is 1.92. The molecule has 98 valence electrons. The van der Waals surface area contributed by atoms with Crippen molar-refractivity contribution in [3.05, 3.63) is 59.4 Å². The minimum absolute atomic E-state index is 0.571. The Morgan fingerprint density at radius 3 is 2.74 bits per heavy atom. The zero-order valence-corrected chi connectivity index (χ0v) is 10.8. The van der Waals surface area contributed by atoms with E-state index < -0.39 is 11.9 Å². The summed E-state index contributed by atoms with van der Waals surface area (Å²) in [5.41, 5.74) is 2.27. The molecule has 0 aliphatic heterocycles. The van der Waals surface area contributed by atoms with Crippen LogP contribution in [0.1, 0.15) is 22.6 Å². The fraction of sp³-hybridized carbons (Fsp3) is 0.200. The molecule has 1 N–H and O–H groups in total. The van der Waals surface area contributed by atoms with Gasteiger partial charge in [0, 0.05) is 18.0 Å². The van der Waals surface area contributed by atoms with Gasteiger partial charge in [-0.3, -0.25) is 9.78 Å². The van der Waals surface area contributed by atoms with Crippen LogP contribution in [0.2, 0.25) is 0 Å². The summed E-state index contributed by atoms with van der Waals surface area (Å²) in [7, 11) is 1.54. The van der Waals surface area contributed by atoms with E-state index in [9.17, 15) is 9.90 Å². The number of aromatic nitrogens is 1. The van der Waals surface area contributed by atoms with E-state index >= 15 is 0 Å². The first-order valence-electron chi connectivity index (χ1n) is 5.90. The molecule has 2 aromatic rings. The van der Waals surface area contributed by atoms with E-state index in [1.165, 1.54) is 7.11 Å². The molecule has 4 nitrogen and oxygen atoms in total. The highest BCUT2D eigenvalue weighted by molar-refractivity contribution is 5.81. The summed E-state index contributed by atoms with van der Waals surface area (Å²) in [6, 6.07) is 9.01. The first kappa shape index (κ1) is 13.1. The number of ether oxygens (including phenoxy) is 1. The Balaban J connectivity index is 2.57. The maximum absolute atomic E-state index is 11.6. The van der Waals surface area contributed by atoms with Crippen LogP contribution in [0.15, 0.2) is 42.7 Å². The Morgan fingerprint density at radius 1 is 1.37 bits per heavy atom. The highest BCUT2D eigenvalue weighted by Gasteiger charge is 2.25. The Morgan fingerprint density at radius 2 is 2.16 bits per heavy atom. The molecule has 1 atom stereocenters. The van der Waals surface area contributed by atoms with Gasteiger partial charge in [-0.15, -0.1) is 0 Å². The quantitative estimate of drug-likeness (QED) is 0.914. The number of pyridine rings is 1. The number of aryl methyl sites for hydroxylation is 1. The van der Waals surface area contributed by atoms with Gasteiger partial charge in [0.05, 0.1) is 7.11 Å². The standard InChI is InChI=1S/C15H15NO3/c1-10-5-6-13(19-2)12(8-10)14(15(17)18)11-4-3-7-16-9-11/h3-9,14H,1-2H3,(H,17,18). The topological polar surface area (TPSA) is 59.4 Å². The molecule has 1 unspecified atom stereocenters. The summed E-state index contributed by atoms with van der Waals surface area (Å²) < 4.78 is 5.27. The van der Waals surface area contributed by atoms with Crippen molar-refractivity contribution < 1.29 is 14.6 Å². The predicted molar refractivity (Wildman–Crippen MR) is 71.4 cm³/mol. The average molecular weight is 257 g/mol. The lowest BCUT2D eigenvalue weighted by Crippen LogP contribution is -2.14. The number of methoxy groups -OCH3 is 1. The van der Waals surface area contributed by atoms with Crippen molar-refractivity contribution in [2.75, 3.05) is 7.11 Å². The molecule has 0 aliphatic carbocycles. The number of rotatable bonds is 4. The van der Waals surface area contributed by atoms with Crippen molar-refractivity contribution >= 4 is 5.97 Å². The minimum atomic E-state index is -0.920. The number of benzene rings is 1. The zero-order chi connectivity index (χ0) is 13.8. The molecular formula is C15H15NO3. The van der Waals surface area contributed by atoms with E-state index in [1.807, 2.05) is 19.1 Å². The van der Waals surface area contributed by atoms with Crippen LogP contribution in [0.25, 0.3) is 0 Å². The normalized spacial score (nSPS) is 11.9. The number of hydrogen-bond acceptors (Lipinski definition) is 3. The first-order valence-corrected chi connectivity index (χ1v) is 5.90. The van der Waals surface area contributed by atoms with Gasteiger partial charge in [0.25, 0.3) is 0 Å². The lowest BCUT2D eigenvalue weighted by Gasteiger charge is -2.17. The molecule has 4 heteroatoms. The van der Waals surface area contributed by atoms with Gasteiger partial charge in [0.2, 0.25) is 0 Å². The second-order valence-electron chi connectivity index (χ2n) is 4.30. The highest BCUT2D eigenvalue weighted by atomic mass is 16.5. The van der Waals surface area contributed by atoms with Gasteiger partial charge in [-0.1, -0.05) is 23.8 Å². The molecule has 0 bridgehead atoms. The van der Waals surface area contributed by atoms with Crippen LogP contribution in [-0.4, -0.2) is 23.2 Å². The summed E-state index contributed by atoms with van der Waals surface area (Å²) in [5, 5.41) is 9.51. The van der Waals surface area contributed by atoms with E-state index in [4.69, 9.17) is 4.74 Å². The fourth-order valence-corrected chi connectivity index (χ4v) is 2.08. The fourth-order valence-electron chi connectivity index (χ4n) is 2.08. The molecule has 0 fully saturated rings. The van der Waals surface area contributed by atoms with E-state index in [0.29, 0.717) is 16.9 Å². The first-order chi connectivity index (χ1) is 9.13. The molecule has 1 heterocycles. The van der Waals surface area contributed by atoms with Crippen molar-refractivity contribution in [3.8, 4) is 5.75 Å². The molecule has 0 aliphatic rings. The van der Waals surface area contributed by atoms with Gasteiger partial charge in [0.1, 0.15) is 11.7 Å². The molecular weight excluding hydrogens is 242 g/mol. The Labute approximate surface area is 111 Å². The van der Waals surface area contributed by atoms with Crippen LogP contribution in [-0.2, 0) is 4.79 Å². The van der Waals surface area contributed by atoms with Crippen LogP contribution in [0.5, 0.6) is 5.75 Å². The highest BCUT2D eigenvalue weighted by Crippen LogP contribution is 2.32. The Kier molecular flexibility index (Phi) is 3.80. The summed E-state index contributed by atoms with van der Waals surface area (Å²) >= 11 is 0. The molecule has 0 radical (unpaired) electrons. The van der Waals surface area contributed by atoms with E-state index in [2.05, 4.69) is 4.98 Å². The van der Waals surface area contributed by atoms with Crippen LogP contribution in [0.4, 0.5) is 0 Å². The molecule has 19 heavy (non-hydrogen) atoms. The number of carbonyl (C=O) groups is 1. The second-order valence-corrected chi connectivity index (χ2v) is 4.30. The van der Waals surface area contributed by atoms with Gasteiger partial charge < -0.3 is 9.84 Å². The van der Waals surface area contributed by atoms with Crippen molar-refractivity contribution in [1.82, 2.24) is 4.98 Å². The summed E-state index contributed by atoms with van der Waals surface area (Å²) in [5.74, 6) is -1.12. The Hall–Kier alpha value is -2.36. The largest absolute Gasteiger partial charge is 0.496 e. The van der Waals surface area contributed by atoms with Crippen molar-refractivity contribution in [2.45, 2.75) is 12.8 Å². The molecule has 0 spiro atoms. The van der Waals surface area contributed by atoms with Crippen LogP contribution < -0.4 is 4.74 Å². The predicted octanol–water partition coefficient (Wildman–Crippen LogP) is 2.62. The van der Waals surface area contributed by atoms with Crippen molar-refractivity contribution in [2.24, 2.45) is 0 Å². The lowest BCUT2D eigenvalue weighted by molar-refractivity contribution is -0.137. The third kappa shape index (κ3) is 2.73. The summed E-state index contributed by atoms with van der Waals surface area (Å²) in [4.78, 5) is 15.6. The maximum atomic E-state index is 11.6. The number of carboxylic acids is 1. The van der Waals surface area contributed by atoms with Crippen LogP contribution >= 0.6 is 0 Å². The molecule has 2 rings (SSSR count). The van der Waals surface area contributed by atoms with Gasteiger partial charge >= 0.3 is 5.97 Å². The molecule has 1 aromatic heterocycles. The SMILES string of the molecule is COc1ccc(C)cc1C(C(=O)O)c1cccnc1. The van der Waals surface area contributed by atoms with Crippen LogP contribution in [0.3, 0.4) is 0 Å². The van der Waals surface area contributed by atoms with E-state index in [1.54, 1.807) is 30.6 Å². The maximum Gasteiger partial charge on any atom is 0.315 e. The monoisotopic (exact) mass is 257 g/mol. The number of nitrogens with zero attached hydrogens (tertiary/aromatic N) is 1. The number of carboxylic acid groups (broad SMARTS) is 1. The van der Waals surface area contributed by atoms with Gasteiger partial charge in [-0.25, -0.2) is 0 Å². The van der Waals surface area contributed by atoms with Crippen LogP contribution in [0, 0.1) is 6.92 Å². The van der Waals surface area contributed by atoms with E-state index in [0.717, 1.165) is 5.56 Å².